The number of ketones is 1. The van der Waals surface area contributed by atoms with E-state index in [0.29, 0.717) is 46.1 Å². The summed E-state index contributed by atoms with van der Waals surface area (Å²) in [6.45, 7) is 4.16. The molecule has 9 heteroatoms. The molecule has 2 aromatic carbocycles. The molecule has 39 heavy (non-hydrogen) atoms. The summed E-state index contributed by atoms with van der Waals surface area (Å²) < 4.78 is 21.8. The van der Waals surface area contributed by atoms with Crippen LogP contribution in [0, 0.1) is 0 Å². The lowest BCUT2D eigenvalue weighted by atomic mass is 9.71. The second kappa shape index (κ2) is 12.5. The third-order valence-corrected chi connectivity index (χ3v) is 7.99. The molecule has 1 aliphatic heterocycles. The molecule has 0 fully saturated rings. The third kappa shape index (κ3) is 5.88. The van der Waals surface area contributed by atoms with Crippen molar-refractivity contribution in [2.24, 2.45) is 0 Å². The van der Waals surface area contributed by atoms with E-state index in [1.165, 1.54) is 13.2 Å². The highest BCUT2D eigenvalue weighted by molar-refractivity contribution is 7.99. The van der Waals surface area contributed by atoms with Gasteiger partial charge in [-0.1, -0.05) is 19.1 Å². The SMILES string of the molecule is CCSCCOC(=O)C1=C(C)NC2=C(C(=O)C[C@H](c3ccc(OC)c(OC)c3)C2)[C@H]1c1ccc(O)c(OC)c1. The van der Waals surface area contributed by atoms with Crippen molar-refractivity contribution in [2.75, 3.05) is 39.4 Å². The van der Waals surface area contributed by atoms with Gasteiger partial charge in [0.25, 0.3) is 0 Å². The molecule has 0 unspecified atom stereocenters. The number of Topliss-reactive ketones (excluding diaryl/α,β-unsaturated/α-hetero) is 1. The van der Waals surface area contributed by atoms with Gasteiger partial charge in [-0.25, -0.2) is 4.79 Å². The number of benzene rings is 2. The van der Waals surface area contributed by atoms with E-state index in [1.807, 2.05) is 25.1 Å². The number of hydrogen-bond acceptors (Lipinski definition) is 9. The molecule has 1 heterocycles. The van der Waals surface area contributed by atoms with Crippen LogP contribution in [0.3, 0.4) is 0 Å². The second-order valence-electron chi connectivity index (χ2n) is 9.40. The molecule has 0 saturated heterocycles. The normalized spacial score (nSPS) is 18.8. The number of nitrogens with one attached hydrogen (secondary N) is 1. The summed E-state index contributed by atoms with van der Waals surface area (Å²) >= 11 is 1.69. The minimum Gasteiger partial charge on any atom is -0.504 e. The Morgan fingerprint density at radius 1 is 1.00 bits per heavy atom. The third-order valence-electron chi connectivity index (χ3n) is 7.13. The number of aromatic hydroxyl groups is 1. The van der Waals surface area contributed by atoms with Crippen LogP contribution in [0.4, 0.5) is 0 Å². The topological polar surface area (TPSA) is 103 Å². The molecule has 0 amide bonds. The Morgan fingerprint density at radius 3 is 2.38 bits per heavy atom. The van der Waals surface area contributed by atoms with Gasteiger partial charge in [-0.05, 0) is 60.4 Å². The molecule has 0 radical (unpaired) electrons. The summed E-state index contributed by atoms with van der Waals surface area (Å²) in [7, 11) is 4.64. The number of phenolic OH excluding ortho intramolecular Hbond substituents is 1. The zero-order valence-corrected chi connectivity index (χ0v) is 23.8. The standard InChI is InChI=1S/C30H35NO7S/c1-6-39-12-11-38-30(34)27-17(2)31-21-13-20(18-8-10-24(35-3)26(15-18)37-5)14-23(33)29(21)28(27)19-7-9-22(32)25(16-19)36-4/h7-10,15-16,20,28,31-32H,6,11-14H2,1-5H3/t20-,28+/m1/s1. The Balaban J connectivity index is 1.74. The summed E-state index contributed by atoms with van der Waals surface area (Å²) in [4.78, 5) is 27.3. The fourth-order valence-electron chi connectivity index (χ4n) is 5.27. The highest BCUT2D eigenvalue weighted by atomic mass is 32.2. The van der Waals surface area contributed by atoms with E-state index in [0.717, 1.165) is 17.0 Å². The number of rotatable bonds is 10. The fourth-order valence-corrected chi connectivity index (χ4v) is 5.76. The summed E-state index contributed by atoms with van der Waals surface area (Å²) in [6.07, 6.45) is 0.852. The van der Waals surface area contributed by atoms with Gasteiger partial charge in [-0.2, -0.15) is 11.8 Å². The van der Waals surface area contributed by atoms with Crippen molar-refractivity contribution in [2.45, 2.75) is 38.5 Å². The Kier molecular flexibility index (Phi) is 9.12. The lowest BCUT2D eigenvalue weighted by Crippen LogP contribution is -2.36. The molecule has 0 saturated carbocycles. The van der Waals surface area contributed by atoms with Crippen molar-refractivity contribution in [1.29, 1.82) is 0 Å². The minimum atomic E-state index is -0.652. The van der Waals surface area contributed by atoms with Gasteiger partial charge >= 0.3 is 5.97 Å². The van der Waals surface area contributed by atoms with Crippen molar-refractivity contribution < 1.29 is 33.6 Å². The van der Waals surface area contributed by atoms with Crippen molar-refractivity contribution in [3.05, 3.63) is 70.1 Å². The van der Waals surface area contributed by atoms with Crippen LogP contribution in [0.25, 0.3) is 0 Å². The number of allylic oxidation sites excluding steroid dienone is 3. The van der Waals surface area contributed by atoms with Crippen molar-refractivity contribution in [3.8, 4) is 23.0 Å². The average Bonchev–Trinajstić information content (AvgIpc) is 2.94. The van der Waals surface area contributed by atoms with Crippen LogP contribution in [0.1, 0.15) is 49.7 Å². The van der Waals surface area contributed by atoms with Crippen LogP contribution in [0.5, 0.6) is 23.0 Å². The summed E-state index contributed by atoms with van der Waals surface area (Å²) in [5.41, 5.74) is 3.99. The Morgan fingerprint density at radius 2 is 1.69 bits per heavy atom. The quantitative estimate of drug-likeness (QED) is 0.308. The van der Waals surface area contributed by atoms with Gasteiger partial charge in [0.05, 0.1) is 26.9 Å². The Labute approximate surface area is 233 Å². The Bertz CT molecular complexity index is 1320. The molecular weight excluding hydrogens is 518 g/mol. The minimum absolute atomic E-state index is 0.0192. The van der Waals surface area contributed by atoms with Crippen LogP contribution in [-0.4, -0.2) is 56.3 Å². The number of dihydropyridines is 1. The lowest BCUT2D eigenvalue weighted by Gasteiger charge is -2.37. The Hall–Kier alpha value is -3.59. The molecule has 1 aliphatic carbocycles. The molecule has 0 aromatic heterocycles. The average molecular weight is 554 g/mol. The number of thioether (sulfide) groups is 1. The van der Waals surface area contributed by atoms with Crippen LogP contribution < -0.4 is 19.5 Å². The van der Waals surface area contributed by atoms with Gasteiger partial charge in [0.2, 0.25) is 0 Å². The van der Waals surface area contributed by atoms with E-state index in [-0.39, 0.29) is 36.2 Å². The first-order chi connectivity index (χ1) is 18.8. The van der Waals surface area contributed by atoms with Crippen LogP contribution in [0.2, 0.25) is 0 Å². The number of ether oxygens (including phenoxy) is 4. The van der Waals surface area contributed by atoms with E-state index in [2.05, 4.69) is 12.2 Å². The first-order valence-corrected chi connectivity index (χ1v) is 14.1. The lowest BCUT2D eigenvalue weighted by molar-refractivity contribution is -0.138. The monoisotopic (exact) mass is 553 g/mol. The van der Waals surface area contributed by atoms with E-state index in [9.17, 15) is 14.7 Å². The zero-order valence-electron chi connectivity index (χ0n) is 23.0. The fraction of sp³-hybridized carbons (Fsp3) is 0.400. The predicted octanol–water partition coefficient (Wildman–Crippen LogP) is 5.08. The van der Waals surface area contributed by atoms with Crippen molar-refractivity contribution >= 4 is 23.5 Å². The highest BCUT2D eigenvalue weighted by Gasteiger charge is 2.41. The number of carbonyl (C=O) groups excluding carboxylic acids is 2. The van der Waals surface area contributed by atoms with E-state index < -0.39 is 11.9 Å². The summed E-state index contributed by atoms with van der Waals surface area (Å²) in [5.74, 6) is 1.86. The summed E-state index contributed by atoms with van der Waals surface area (Å²) in [5, 5.41) is 13.6. The molecule has 4 rings (SSSR count). The predicted molar refractivity (Wildman–Crippen MR) is 151 cm³/mol. The summed E-state index contributed by atoms with van der Waals surface area (Å²) in [6, 6.07) is 10.6. The maximum atomic E-state index is 13.9. The molecular formula is C30H35NO7S. The van der Waals surface area contributed by atoms with E-state index >= 15 is 0 Å². The largest absolute Gasteiger partial charge is 0.504 e. The molecule has 2 aromatic rings. The van der Waals surface area contributed by atoms with Crippen LogP contribution >= 0.6 is 11.8 Å². The van der Waals surface area contributed by atoms with Crippen LogP contribution in [0.15, 0.2) is 58.9 Å². The van der Waals surface area contributed by atoms with Gasteiger partial charge in [0, 0.05) is 35.1 Å². The van der Waals surface area contributed by atoms with Gasteiger partial charge < -0.3 is 29.4 Å². The number of esters is 1. The van der Waals surface area contributed by atoms with E-state index in [1.54, 1.807) is 38.1 Å². The van der Waals surface area contributed by atoms with Gasteiger partial charge in [0.1, 0.15) is 6.61 Å². The maximum absolute atomic E-state index is 13.9. The van der Waals surface area contributed by atoms with Gasteiger partial charge in [-0.3, -0.25) is 4.79 Å². The molecule has 8 nitrogen and oxygen atoms in total. The number of phenols is 1. The van der Waals surface area contributed by atoms with Gasteiger partial charge in [-0.15, -0.1) is 0 Å². The first kappa shape index (κ1) is 28.4. The number of hydrogen-bond donors (Lipinski definition) is 2. The molecule has 208 valence electrons. The van der Waals surface area contributed by atoms with E-state index in [4.69, 9.17) is 18.9 Å². The molecule has 2 N–H and O–H groups in total. The first-order valence-electron chi connectivity index (χ1n) is 12.9. The number of carbonyl (C=O) groups is 2. The second-order valence-corrected chi connectivity index (χ2v) is 10.8. The smallest absolute Gasteiger partial charge is 0.336 e. The molecule has 0 spiro atoms. The van der Waals surface area contributed by atoms with Crippen LogP contribution in [-0.2, 0) is 14.3 Å². The van der Waals surface area contributed by atoms with Crippen molar-refractivity contribution in [1.82, 2.24) is 5.32 Å². The van der Waals surface area contributed by atoms with Crippen molar-refractivity contribution in [3.63, 3.8) is 0 Å². The molecule has 2 atom stereocenters. The highest BCUT2D eigenvalue weighted by Crippen LogP contribution is 2.47. The van der Waals surface area contributed by atoms with Gasteiger partial charge in [0.15, 0.2) is 28.8 Å². The molecule has 2 aliphatic rings. The number of methoxy groups -OCH3 is 3. The zero-order chi connectivity index (χ0) is 28.1. The molecule has 0 bridgehead atoms. The maximum Gasteiger partial charge on any atom is 0.336 e.